The third kappa shape index (κ3) is 4.32. The molecule has 6 nitrogen and oxygen atoms in total. The highest BCUT2D eigenvalue weighted by molar-refractivity contribution is 7.91. The first-order chi connectivity index (χ1) is 9.83. The highest BCUT2D eigenvalue weighted by Gasteiger charge is 2.35. The molecule has 1 aliphatic heterocycles. The summed E-state index contributed by atoms with van der Waals surface area (Å²) < 4.78 is 22.8. The van der Waals surface area contributed by atoms with Gasteiger partial charge in [0.05, 0.1) is 11.5 Å². The van der Waals surface area contributed by atoms with Crippen molar-refractivity contribution in [3.63, 3.8) is 0 Å². The van der Waals surface area contributed by atoms with Crippen molar-refractivity contribution in [2.45, 2.75) is 50.1 Å². The lowest BCUT2D eigenvalue weighted by Gasteiger charge is -2.43. The summed E-state index contributed by atoms with van der Waals surface area (Å²) >= 11 is 0. The number of rotatable bonds is 4. The van der Waals surface area contributed by atoms with Crippen molar-refractivity contribution in [3.8, 4) is 0 Å². The van der Waals surface area contributed by atoms with E-state index in [9.17, 15) is 13.2 Å². The first-order valence-corrected chi connectivity index (χ1v) is 9.57. The van der Waals surface area contributed by atoms with Crippen LogP contribution < -0.4 is 10.6 Å². The first kappa shape index (κ1) is 16.5. The summed E-state index contributed by atoms with van der Waals surface area (Å²) in [4.78, 5) is 14.2. The van der Waals surface area contributed by atoms with Gasteiger partial charge >= 0.3 is 6.03 Å². The average Bonchev–Trinajstić information content (AvgIpc) is 2.76. The van der Waals surface area contributed by atoms with Gasteiger partial charge in [0, 0.05) is 18.1 Å². The topological polar surface area (TPSA) is 78.5 Å². The molecule has 122 valence electrons. The molecule has 0 aromatic heterocycles. The van der Waals surface area contributed by atoms with E-state index < -0.39 is 9.84 Å². The summed E-state index contributed by atoms with van der Waals surface area (Å²) in [5, 5.41) is 5.72. The molecular formula is C14H27N3O3S. The number of amides is 2. The summed E-state index contributed by atoms with van der Waals surface area (Å²) in [7, 11) is 1.18. The molecule has 0 bridgehead atoms. The van der Waals surface area contributed by atoms with E-state index in [-0.39, 0.29) is 29.1 Å². The largest absolute Gasteiger partial charge is 0.336 e. The summed E-state index contributed by atoms with van der Waals surface area (Å²) in [5.41, 5.74) is 0.0390. The normalized spacial score (nSPS) is 27.5. The molecule has 0 unspecified atom stereocenters. The minimum atomic E-state index is -2.95. The second kappa shape index (κ2) is 6.52. The van der Waals surface area contributed by atoms with Gasteiger partial charge in [0.25, 0.3) is 0 Å². The molecule has 2 amide bonds. The Labute approximate surface area is 127 Å². The van der Waals surface area contributed by atoms with Crippen LogP contribution in [0.25, 0.3) is 0 Å². The van der Waals surface area contributed by atoms with Gasteiger partial charge in [-0.2, -0.15) is 0 Å². The van der Waals surface area contributed by atoms with E-state index in [1.54, 1.807) is 0 Å². The fourth-order valence-electron chi connectivity index (χ4n) is 3.38. The van der Waals surface area contributed by atoms with Crippen LogP contribution in [0.3, 0.4) is 0 Å². The summed E-state index contributed by atoms with van der Waals surface area (Å²) in [5.74, 6) is 0.249. The Morgan fingerprint density at radius 3 is 2.43 bits per heavy atom. The molecule has 1 aliphatic carbocycles. The number of likely N-dealkylation sites (N-methyl/N-ethyl adjacent to an activating group) is 1. The maximum atomic E-state index is 12.0. The van der Waals surface area contributed by atoms with Crippen LogP contribution in [0.15, 0.2) is 0 Å². The Hall–Kier alpha value is -0.820. The van der Waals surface area contributed by atoms with Gasteiger partial charge < -0.3 is 15.5 Å². The zero-order valence-corrected chi connectivity index (χ0v) is 13.8. The molecule has 1 heterocycles. The van der Waals surface area contributed by atoms with Crippen molar-refractivity contribution < 1.29 is 13.2 Å². The number of sulfone groups is 1. The van der Waals surface area contributed by atoms with Crippen LogP contribution in [-0.2, 0) is 9.84 Å². The Kier molecular flexibility index (Phi) is 5.14. The number of hydrogen-bond donors (Lipinski definition) is 2. The Bertz CT molecular complexity index is 470. The quantitative estimate of drug-likeness (QED) is 0.801. The number of carbonyl (C=O) groups excluding carboxylic acids is 1. The average molecular weight is 317 g/mol. The molecule has 1 atom stereocenters. The van der Waals surface area contributed by atoms with Gasteiger partial charge in [-0.1, -0.05) is 19.3 Å². The molecule has 21 heavy (non-hydrogen) atoms. The molecule has 2 rings (SSSR count). The summed E-state index contributed by atoms with van der Waals surface area (Å²) in [6.07, 6.45) is 6.37. The number of urea groups is 1. The van der Waals surface area contributed by atoms with E-state index in [2.05, 4.69) is 29.6 Å². The predicted octanol–water partition coefficient (Wildman–Crippen LogP) is 0.737. The van der Waals surface area contributed by atoms with Crippen molar-refractivity contribution in [2.24, 2.45) is 0 Å². The molecule has 2 fully saturated rings. The van der Waals surface area contributed by atoms with E-state index >= 15 is 0 Å². The van der Waals surface area contributed by atoms with E-state index in [1.165, 1.54) is 19.3 Å². The molecule has 7 heteroatoms. The molecule has 0 aromatic carbocycles. The van der Waals surface area contributed by atoms with Crippen LogP contribution >= 0.6 is 0 Å². The van der Waals surface area contributed by atoms with Crippen LogP contribution in [-0.4, -0.2) is 63.1 Å². The highest BCUT2D eigenvalue weighted by Crippen LogP contribution is 2.31. The standard InChI is InChI=1S/C14H27N3O3S/c1-17(2)14(7-4-3-5-8-14)11-15-13(18)16-12-6-9-21(19,20)10-12/h12H,3-11H2,1-2H3,(H2,15,16,18)/t12-/m0/s1. The van der Waals surface area contributed by atoms with Crippen LogP contribution in [0.4, 0.5) is 4.79 Å². The zero-order valence-electron chi connectivity index (χ0n) is 13.0. The Balaban J connectivity index is 1.82. The molecule has 0 aromatic rings. The summed E-state index contributed by atoms with van der Waals surface area (Å²) in [6.45, 7) is 0.616. The number of nitrogens with zero attached hydrogens (tertiary/aromatic N) is 1. The number of carbonyl (C=O) groups is 1. The molecule has 1 saturated heterocycles. The Morgan fingerprint density at radius 1 is 1.24 bits per heavy atom. The van der Waals surface area contributed by atoms with Crippen LogP contribution in [0.5, 0.6) is 0 Å². The fraction of sp³-hybridized carbons (Fsp3) is 0.929. The first-order valence-electron chi connectivity index (χ1n) is 7.75. The van der Waals surface area contributed by atoms with Gasteiger partial charge in [0.2, 0.25) is 0 Å². The van der Waals surface area contributed by atoms with Gasteiger partial charge in [-0.05, 0) is 33.4 Å². The lowest BCUT2D eigenvalue weighted by atomic mass is 9.80. The minimum absolute atomic E-state index is 0.0390. The molecule has 0 spiro atoms. The van der Waals surface area contributed by atoms with Crippen molar-refractivity contribution in [2.75, 3.05) is 32.1 Å². The zero-order chi connectivity index (χ0) is 15.5. The third-order valence-electron chi connectivity index (χ3n) is 4.88. The van der Waals surface area contributed by atoms with Gasteiger partial charge in [-0.15, -0.1) is 0 Å². The Morgan fingerprint density at radius 2 is 1.90 bits per heavy atom. The number of hydrogen-bond acceptors (Lipinski definition) is 4. The monoisotopic (exact) mass is 317 g/mol. The van der Waals surface area contributed by atoms with E-state index in [0.29, 0.717) is 13.0 Å². The van der Waals surface area contributed by atoms with E-state index in [4.69, 9.17) is 0 Å². The van der Waals surface area contributed by atoms with Gasteiger partial charge in [-0.3, -0.25) is 0 Å². The van der Waals surface area contributed by atoms with Crippen molar-refractivity contribution in [1.82, 2.24) is 15.5 Å². The van der Waals surface area contributed by atoms with E-state index in [0.717, 1.165) is 12.8 Å². The third-order valence-corrected chi connectivity index (χ3v) is 6.65. The van der Waals surface area contributed by atoms with Crippen molar-refractivity contribution >= 4 is 15.9 Å². The van der Waals surface area contributed by atoms with Gasteiger partial charge in [0.1, 0.15) is 0 Å². The van der Waals surface area contributed by atoms with Gasteiger partial charge in [-0.25, -0.2) is 13.2 Å². The molecule has 2 N–H and O–H groups in total. The SMILES string of the molecule is CN(C)C1(CNC(=O)N[C@H]2CCS(=O)(=O)C2)CCCCC1. The second-order valence-electron chi connectivity index (χ2n) is 6.61. The van der Waals surface area contributed by atoms with Crippen LogP contribution in [0.1, 0.15) is 38.5 Å². The van der Waals surface area contributed by atoms with Crippen molar-refractivity contribution in [3.05, 3.63) is 0 Å². The lowest BCUT2D eigenvalue weighted by Crippen LogP contribution is -2.55. The minimum Gasteiger partial charge on any atom is -0.336 e. The van der Waals surface area contributed by atoms with Crippen LogP contribution in [0.2, 0.25) is 0 Å². The van der Waals surface area contributed by atoms with Crippen molar-refractivity contribution in [1.29, 1.82) is 0 Å². The van der Waals surface area contributed by atoms with Crippen LogP contribution in [0, 0.1) is 0 Å². The molecule has 1 saturated carbocycles. The molecular weight excluding hydrogens is 290 g/mol. The maximum Gasteiger partial charge on any atom is 0.315 e. The number of nitrogens with one attached hydrogen (secondary N) is 2. The summed E-state index contributed by atoms with van der Waals surface area (Å²) in [6, 6.07) is -0.486. The predicted molar refractivity (Wildman–Crippen MR) is 83.1 cm³/mol. The highest BCUT2D eigenvalue weighted by atomic mass is 32.2. The smallest absolute Gasteiger partial charge is 0.315 e. The van der Waals surface area contributed by atoms with E-state index in [1.807, 2.05) is 0 Å². The lowest BCUT2D eigenvalue weighted by molar-refractivity contribution is 0.101. The molecule has 0 radical (unpaired) electrons. The second-order valence-corrected chi connectivity index (χ2v) is 8.84. The fourth-order valence-corrected chi connectivity index (χ4v) is 5.06. The van der Waals surface area contributed by atoms with Gasteiger partial charge in [0.15, 0.2) is 9.84 Å². The molecule has 2 aliphatic rings. The maximum absolute atomic E-state index is 12.0.